The standard InChI is InChI=1S/C7H8N2OS/c1-10-4-6-5-11-7(9-6)2-3-8/h5H,2,4H2,1H3. The number of hydrogen-bond acceptors (Lipinski definition) is 4. The first kappa shape index (κ1) is 8.18. The zero-order chi connectivity index (χ0) is 8.10. The topological polar surface area (TPSA) is 45.9 Å². The van der Waals surface area contributed by atoms with Gasteiger partial charge >= 0.3 is 0 Å². The van der Waals surface area contributed by atoms with Gasteiger partial charge in [0.15, 0.2) is 0 Å². The summed E-state index contributed by atoms with van der Waals surface area (Å²) in [6.07, 6.45) is 0.397. The van der Waals surface area contributed by atoms with Crippen molar-refractivity contribution in [2.24, 2.45) is 0 Å². The van der Waals surface area contributed by atoms with Crippen molar-refractivity contribution in [1.82, 2.24) is 4.98 Å². The number of nitriles is 1. The Morgan fingerprint density at radius 1 is 1.82 bits per heavy atom. The minimum atomic E-state index is 0.397. The molecule has 0 fully saturated rings. The van der Waals surface area contributed by atoms with Crippen molar-refractivity contribution in [2.45, 2.75) is 13.0 Å². The maximum Gasteiger partial charge on any atom is 0.107 e. The van der Waals surface area contributed by atoms with Gasteiger partial charge in [-0.2, -0.15) is 5.26 Å². The zero-order valence-corrected chi connectivity index (χ0v) is 7.02. The number of ether oxygens (including phenoxy) is 1. The Bertz CT molecular complexity index is 264. The molecular formula is C7H8N2OS. The summed E-state index contributed by atoms with van der Waals surface area (Å²) in [5.41, 5.74) is 0.905. The molecule has 1 aromatic heterocycles. The number of rotatable bonds is 3. The summed E-state index contributed by atoms with van der Waals surface area (Å²) in [6, 6.07) is 2.05. The molecule has 0 radical (unpaired) electrons. The lowest BCUT2D eigenvalue weighted by atomic mass is 10.5. The monoisotopic (exact) mass is 168 g/mol. The van der Waals surface area contributed by atoms with Gasteiger partial charge < -0.3 is 4.74 Å². The van der Waals surface area contributed by atoms with Gasteiger partial charge in [-0.3, -0.25) is 0 Å². The van der Waals surface area contributed by atoms with E-state index in [2.05, 4.69) is 4.98 Å². The van der Waals surface area contributed by atoms with E-state index in [1.54, 1.807) is 7.11 Å². The van der Waals surface area contributed by atoms with Gasteiger partial charge in [0, 0.05) is 12.5 Å². The van der Waals surface area contributed by atoms with Crippen molar-refractivity contribution < 1.29 is 4.74 Å². The number of nitrogens with zero attached hydrogens (tertiary/aromatic N) is 2. The van der Waals surface area contributed by atoms with Crippen molar-refractivity contribution in [3.05, 3.63) is 16.1 Å². The number of hydrogen-bond donors (Lipinski definition) is 0. The summed E-state index contributed by atoms with van der Waals surface area (Å²) in [5, 5.41) is 11.1. The van der Waals surface area contributed by atoms with E-state index >= 15 is 0 Å². The summed E-state index contributed by atoms with van der Waals surface area (Å²) < 4.78 is 4.88. The summed E-state index contributed by atoms with van der Waals surface area (Å²) in [6.45, 7) is 0.530. The smallest absolute Gasteiger partial charge is 0.107 e. The third-order valence-electron chi connectivity index (χ3n) is 1.12. The molecule has 0 unspecified atom stereocenters. The molecule has 58 valence electrons. The molecule has 0 saturated heterocycles. The normalized spacial score (nSPS) is 9.45. The van der Waals surface area contributed by atoms with Gasteiger partial charge in [-0.1, -0.05) is 0 Å². The maximum atomic E-state index is 8.34. The van der Waals surface area contributed by atoms with Gasteiger partial charge in [-0.25, -0.2) is 4.98 Å². The van der Waals surface area contributed by atoms with Crippen molar-refractivity contribution in [1.29, 1.82) is 5.26 Å². The average Bonchev–Trinajstić information content (AvgIpc) is 2.38. The fourth-order valence-electron chi connectivity index (χ4n) is 0.712. The number of aromatic nitrogens is 1. The molecule has 1 aromatic rings. The van der Waals surface area contributed by atoms with Crippen molar-refractivity contribution in [3.63, 3.8) is 0 Å². The maximum absolute atomic E-state index is 8.34. The van der Waals surface area contributed by atoms with Crippen LogP contribution in [0.25, 0.3) is 0 Å². The van der Waals surface area contributed by atoms with Crippen molar-refractivity contribution in [2.75, 3.05) is 7.11 Å². The molecule has 0 bridgehead atoms. The van der Waals surface area contributed by atoms with Crippen LogP contribution in [0.2, 0.25) is 0 Å². The van der Waals surface area contributed by atoms with E-state index in [9.17, 15) is 0 Å². The van der Waals surface area contributed by atoms with Crippen LogP contribution in [0.3, 0.4) is 0 Å². The molecule has 0 spiro atoms. The highest BCUT2D eigenvalue weighted by Gasteiger charge is 1.99. The van der Waals surface area contributed by atoms with Gasteiger partial charge in [0.05, 0.1) is 24.8 Å². The molecule has 0 aromatic carbocycles. The van der Waals surface area contributed by atoms with E-state index < -0.39 is 0 Å². The molecule has 0 aliphatic carbocycles. The molecule has 0 N–H and O–H groups in total. The molecule has 1 heterocycles. The van der Waals surface area contributed by atoms with Crippen LogP contribution in [0.1, 0.15) is 10.7 Å². The predicted molar refractivity (Wildman–Crippen MR) is 42.1 cm³/mol. The molecule has 0 amide bonds. The Labute approximate surface area is 69.3 Å². The minimum absolute atomic E-state index is 0.397. The number of thiazole rings is 1. The molecule has 1 rings (SSSR count). The highest BCUT2D eigenvalue weighted by atomic mass is 32.1. The van der Waals surface area contributed by atoms with Crippen molar-refractivity contribution >= 4 is 11.3 Å². The van der Waals surface area contributed by atoms with Crippen LogP contribution in [-0.2, 0) is 17.8 Å². The Morgan fingerprint density at radius 2 is 2.64 bits per heavy atom. The first-order chi connectivity index (χ1) is 5.36. The first-order valence-corrected chi connectivity index (χ1v) is 4.04. The van der Waals surface area contributed by atoms with E-state index in [1.165, 1.54) is 11.3 Å². The van der Waals surface area contributed by atoms with Crippen LogP contribution in [0.15, 0.2) is 5.38 Å². The lowest BCUT2D eigenvalue weighted by Crippen LogP contribution is -1.87. The highest BCUT2D eigenvalue weighted by molar-refractivity contribution is 7.09. The summed E-state index contributed by atoms with van der Waals surface area (Å²) >= 11 is 1.50. The fraction of sp³-hybridized carbons (Fsp3) is 0.429. The quantitative estimate of drug-likeness (QED) is 0.684. The van der Waals surface area contributed by atoms with E-state index in [0.717, 1.165) is 10.7 Å². The molecular weight excluding hydrogens is 160 g/mol. The summed E-state index contributed by atoms with van der Waals surface area (Å²) in [7, 11) is 1.63. The Morgan fingerprint density at radius 3 is 3.27 bits per heavy atom. The van der Waals surface area contributed by atoms with E-state index in [0.29, 0.717) is 13.0 Å². The van der Waals surface area contributed by atoms with E-state index in [4.69, 9.17) is 10.00 Å². The van der Waals surface area contributed by atoms with Crippen LogP contribution < -0.4 is 0 Å². The highest BCUT2D eigenvalue weighted by Crippen LogP contribution is 2.10. The predicted octanol–water partition coefficient (Wildman–Crippen LogP) is 1.36. The largest absolute Gasteiger partial charge is 0.378 e. The molecule has 3 nitrogen and oxygen atoms in total. The van der Waals surface area contributed by atoms with Gasteiger partial charge in [0.25, 0.3) is 0 Å². The second kappa shape index (κ2) is 4.06. The van der Waals surface area contributed by atoms with Crippen molar-refractivity contribution in [3.8, 4) is 6.07 Å². The van der Waals surface area contributed by atoms with Gasteiger partial charge in [-0.15, -0.1) is 11.3 Å². The minimum Gasteiger partial charge on any atom is -0.378 e. The Balaban J connectivity index is 2.60. The van der Waals surface area contributed by atoms with Crippen LogP contribution in [0.5, 0.6) is 0 Å². The van der Waals surface area contributed by atoms with Gasteiger partial charge in [-0.05, 0) is 0 Å². The van der Waals surface area contributed by atoms with Crippen LogP contribution in [-0.4, -0.2) is 12.1 Å². The molecule has 0 saturated carbocycles. The lowest BCUT2D eigenvalue weighted by molar-refractivity contribution is 0.182. The van der Waals surface area contributed by atoms with Crippen LogP contribution in [0, 0.1) is 11.3 Å². The first-order valence-electron chi connectivity index (χ1n) is 3.16. The SMILES string of the molecule is COCc1csc(CC#N)n1. The molecule has 4 heteroatoms. The van der Waals surface area contributed by atoms with Gasteiger partial charge in [0.2, 0.25) is 0 Å². The molecule has 0 atom stereocenters. The molecule has 11 heavy (non-hydrogen) atoms. The van der Waals surface area contributed by atoms with Crippen LogP contribution >= 0.6 is 11.3 Å². The van der Waals surface area contributed by atoms with Crippen LogP contribution in [0.4, 0.5) is 0 Å². The summed E-state index contributed by atoms with van der Waals surface area (Å²) in [4.78, 5) is 4.16. The summed E-state index contributed by atoms with van der Waals surface area (Å²) in [5.74, 6) is 0. The van der Waals surface area contributed by atoms with E-state index in [1.807, 2.05) is 11.4 Å². The second-order valence-corrected chi connectivity index (χ2v) is 2.94. The Kier molecular flexibility index (Phi) is 3.02. The fourth-order valence-corrected chi connectivity index (χ4v) is 1.42. The second-order valence-electron chi connectivity index (χ2n) is 2.00. The average molecular weight is 168 g/mol. The third kappa shape index (κ3) is 2.30. The van der Waals surface area contributed by atoms with Gasteiger partial charge in [0.1, 0.15) is 5.01 Å². The van der Waals surface area contributed by atoms with E-state index in [-0.39, 0.29) is 0 Å². The zero-order valence-electron chi connectivity index (χ0n) is 6.20. The Hall–Kier alpha value is -0.920. The third-order valence-corrected chi connectivity index (χ3v) is 2.02. The molecule has 0 aliphatic rings. The number of methoxy groups -OCH3 is 1. The lowest BCUT2D eigenvalue weighted by Gasteiger charge is -1.89. The molecule has 0 aliphatic heterocycles.